The molecular formula is C30H37N3O8S. The molecule has 0 saturated carbocycles. The van der Waals surface area contributed by atoms with Crippen LogP contribution in [0.2, 0.25) is 0 Å². The number of fused-ring (bicyclic) bond motifs is 1. The maximum atomic E-state index is 13.7. The van der Waals surface area contributed by atoms with E-state index in [0.717, 1.165) is 16.3 Å². The molecule has 0 aromatic heterocycles. The van der Waals surface area contributed by atoms with E-state index in [0.29, 0.717) is 12.0 Å². The number of hydrogen-bond acceptors (Lipinski definition) is 7. The second-order valence-corrected chi connectivity index (χ2v) is 12.0. The van der Waals surface area contributed by atoms with Gasteiger partial charge < -0.3 is 15.4 Å². The van der Waals surface area contributed by atoms with Gasteiger partial charge in [-0.15, -0.1) is 0 Å². The molecule has 3 aromatic carbocycles. The molecule has 3 unspecified atom stereocenters. The summed E-state index contributed by atoms with van der Waals surface area (Å²) in [5.74, 6) is -4.09. The summed E-state index contributed by atoms with van der Waals surface area (Å²) in [5.41, 5.74) is 3.18. The molecule has 0 aliphatic carbocycles. The summed E-state index contributed by atoms with van der Waals surface area (Å²) in [6.45, 7) is 3.85. The molecule has 0 bridgehead atoms. The average Bonchev–Trinajstić information content (AvgIpc) is 2.96. The van der Waals surface area contributed by atoms with Gasteiger partial charge in [0.05, 0.1) is 11.8 Å². The van der Waals surface area contributed by atoms with Crippen LogP contribution in [0.4, 0.5) is 0 Å². The first kappa shape index (κ1) is 32.5. The van der Waals surface area contributed by atoms with Crippen LogP contribution >= 0.6 is 0 Å². The van der Waals surface area contributed by atoms with Gasteiger partial charge in [0.15, 0.2) is 0 Å². The molecule has 0 aliphatic heterocycles. The second-order valence-electron chi connectivity index (χ2n) is 10.6. The fraction of sp³-hybridized carbons (Fsp3) is 0.367. The molecule has 0 saturated heterocycles. The normalized spacial score (nSPS) is 13.7. The summed E-state index contributed by atoms with van der Waals surface area (Å²) in [4.78, 5) is 39.5. The number of nitrogens with one attached hydrogen (secondary N) is 3. The Kier molecular flexibility index (Phi) is 11.4. The van der Waals surface area contributed by atoms with Gasteiger partial charge >= 0.3 is 10.1 Å². The van der Waals surface area contributed by atoms with E-state index in [-0.39, 0.29) is 24.5 Å². The quantitative estimate of drug-likeness (QED) is 0.107. The van der Waals surface area contributed by atoms with Crippen molar-refractivity contribution in [2.45, 2.75) is 39.2 Å². The fourth-order valence-corrected chi connectivity index (χ4v) is 5.13. The molecule has 3 atom stereocenters. The van der Waals surface area contributed by atoms with Gasteiger partial charge in [-0.25, -0.2) is 5.48 Å². The number of likely N-dealkylation sites (N-methyl/N-ethyl adjacent to an activating group) is 1. The van der Waals surface area contributed by atoms with E-state index < -0.39 is 51.7 Å². The molecule has 0 spiro atoms. The van der Waals surface area contributed by atoms with Crippen LogP contribution in [-0.2, 0) is 37.3 Å². The Morgan fingerprint density at radius 3 is 2.07 bits per heavy atom. The lowest BCUT2D eigenvalue weighted by atomic mass is 9.80. The summed E-state index contributed by atoms with van der Waals surface area (Å²) in [5, 5.41) is 16.9. The number of rotatable bonds is 14. The van der Waals surface area contributed by atoms with Crippen molar-refractivity contribution in [1.82, 2.24) is 16.1 Å². The largest absolute Gasteiger partial charge is 0.475 e. The Labute approximate surface area is 245 Å². The Bertz CT molecular complexity index is 1490. The van der Waals surface area contributed by atoms with Gasteiger partial charge in [0.2, 0.25) is 23.7 Å². The zero-order valence-electron chi connectivity index (χ0n) is 23.7. The van der Waals surface area contributed by atoms with Gasteiger partial charge in [0, 0.05) is 13.5 Å². The van der Waals surface area contributed by atoms with Crippen LogP contribution in [0.5, 0.6) is 5.75 Å². The van der Waals surface area contributed by atoms with E-state index in [1.54, 1.807) is 17.6 Å². The minimum atomic E-state index is -4.31. The molecule has 0 radical (unpaired) electrons. The molecular weight excluding hydrogens is 562 g/mol. The van der Waals surface area contributed by atoms with E-state index in [2.05, 4.69) is 10.6 Å². The Balaban J connectivity index is 1.83. The highest BCUT2D eigenvalue weighted by Crippen LogP contribution is 2.27. The Morgan fingerprint density at radius 1 is 0.833 bits per heavy atom. The Morgan fingerprint density at radius 2 is 1.48 bits per heavy atom. The number of hydroxylamine groups is 1. The van der Waals surface area contributed by atoms with Crippen LogP contribution in [0.15, 0.2) is 66.7 Å². The summed E-state index contributed by atoms with van der Waals surface area (Å²) >= 11 is 0. The van der Waals surface area contributed by atoms with Gasteiger partial charge in [-0.05, 0) is 52.8 Å². The number of carbonyl (C=O) groups excluding carboxylic acids is 3. The molecule has 3 amide bonds. The van der Waals surface area contributed by atoms with Crippen molar-refractivity contribution in [3.8, 4) is 5.75 Å². The van der Waals surface area contributed by atoms with E-state index in [4.69, 9.17) is 9.29 Å². The molecule has 12 heteroatoms. The van der Waals surface area contributed by atoms with Gasteiger partial charge in [0.25, 0.3) is 0 Å². The maximum absolute atomic E-state index is 13.7. The lowest BCUT2D eigenvalue weighted by molar-refractivity contribution is -0.141. The average molecular weight is 600 g/mol. The highest BCUT2D eigenvalue weighted by Gasteiger charge is 2.36. The molecule has 3 rings (SSSR count). The minimum absolute atomic E-state index is 0.0278. The summed E-state index contributed by atoms with van der Waals surface area (Å²) < 4.78 is 35.7. The third kappa shape index (κ3) is 9.54. The molecule has 5 N–H and O–H groups in total. The van der Waals surface area contributed by atoms with Crippen LogP contribution < -0.4 is 20.9 Å². The summed E-state index contributed by atoms with van der Waals surface area (Å²) in [6, 6.07) is 18.8. The summed E-state index contributed by atoms with van der Waals surface area (Å²) in [7, 11) is -2.86. The zero-order chi connectivity index (χ0) is 30.9. The highest BCUT2D eigenvalue weighted by atomic mass is 32.2. The molecule has 0 fully saturated rings. The lowest BCUT2D eigenvalue weighted by Gasteiger charge is -2.28. The first-order valence-corrected chi connectivity index (χ1v) is 15.1. The van der Waals surface area contributed by atoms with Crippen molar-refractivity contribution in [1.29, 1.82) is 0 Å². The third-order valence-electron chi connectivity index (χ3n) is 6.88. The first-order chi connectivity index (χ1) is 19.9. The van der Waals surface area contributed by atoms with Crippen molar-refractivity contribution >= 4 is 38.6 Å². The number of benzene rings is 3. The van der Waals surface area contributed by atoms with Crippen LogP contribution in [0, 0.1) is 17.8 Å². The second kappa shape index (κ2) is 14.8. The SMILES string of the molecule is CNC(=O)C(Cc1ccc(OCS(=O)(=O)O)cc1)NC(=O)C(CC(C)C)C(Cc1ccc2ccccc2c1)C(=O)NO. The van der Waals surface area contributed by atoms with Crippen molar-refractivity contribution < 1.29 is 37.3 Å². The van der Waals surface area contributed by atoms with E-state index in [9.17, 15) is 28.0 Å². The van der Waals surface area contributed by atoms with E-state index in [1.165, 1.54) is 19.2 Å². The number of hydrogen-bond donors (Lipinski definition) is 5. The predicted octanol–water partition coefficient (Wildman–Crippen LogP) is 2.86. The van der Waals surface area contributed by atoms with Gasteiger partial charge in [0.1, 0.15) is 11.8 Å². The molecule has 0 heterocycles. The van der Waals surface area contributed by atoms with Crippen LogP contribution in [0.3, 0.4) is 0 Å². The van der Waals surface area contributed by atoms with Crippen molar-refractivity contribution in [3.63, 3.8) is 0 Å². The summed E-state index contributed by atoms with van der Waals surface area (Å²) in [6.07, 6.45) is 0.620. The molecule has 11 nitrogen and oxygen atoms in total. The van der Waals surface area contributed by atoms with Crippen molar-refractivity contribution in [2.24, 2.45) is 17.8 Å². The topological polar surface area (TPSA) is 171 Å². The first-order valence-electron chi connectivity index (χ1n) is 13.5. The smallest absolute Gasteiger partial charge is 0.300 e. The van der Waals surface area contributed by atoms with E-state index in [1.807, 2.05) is 56.3 Å². The van der Waals surface area contributed by atoms with Crippen LogP contribution in [0.1, 0.15) is 31.4 Å². The predicted molar refractivity (Wildman–Crippen MR) is 157 cm³/mol. The number of carbonyl (C=O) groups is 3. The fourth-order valence-electron chi connectivity index (χ4n) is 4.84. The monoisotopic (exact) mass is 599 g/mol. The molecule has 42 heavy (non-hydrogen) atoms. The van der Waals surface area contributed by atoms with Crippen LogP contribution in [0.25, 0.3) is 10.8 Å². The molecule has 0 aliphatic rings. The number of ether oxygens (including phenoxy) is 1. The lowest BCUT2D eigenvalue weighted by Crippen LogP contribution is -2.51. The standard InChI is InChI=1S/C30H37N3O8S/c1-19(2)14-25(26(29(35)33-37)16-21-8-11-22-6-4-5-7-23(22)15-21)28(34)32-27(30(36)31-3)17-20-9-12-24(13-10-20)41-18-42(38,39)40/h4-13,15,19,25-27,37H,14,16-18H2,1-3H3,(H,31,36)(H,32,34)(H,33,35)(H,38,39,40). The minimum Gasteiger partial charge on any atom is -0.475 e. The van der Waals surface area contributed by atoms with Crippen molar-refractivity contribution in [2.75, 3.05) is 13.0 Å². The van der Waals surface area contributed by atoms with Crippen LogP contribution in [-0.4, -0.2) is 54.9 Å². The van der Waals surface area contributed by atoms with Gasteiger partial charge in [-0.2, -0.15) is 8.42 Å². The van der Waals surface area contributed by atoms with Crippen molar-refractivity contribution in [3.05, 3.63) is 77.9 Å². The molecule has 226 valence electrons. The highest BCUT2D eigenvalue weighted by molar-refractivity contribution is 7.85. The van der Waals surface area contributed by atoms with E-state index >= 15 is 0 Å². The Hall–Kier alpha value is -4.00. The molecule has 3 aromatic rings. The number of amides is 3. The zero-order valence-corrected chi connectivity index (χ0v) is 24.6. The van der Waals surface area contributed by atoms with Gasteiger partial charge in [-0.3, -0.25) is 24.1 Å². The maximum Gasteiger partial charge on any atom is 0.300 e. The van der Waals surface area contributed by atoms with Gasteiger partial charge in [-0.1, -0.05) is 68.4 Å². The third-order valence-corrected chi connectivity index (χ3v) is 7.30.